The fourth-order valence-corrected chi connectivity index (χ4v) is 5.60. The molecular formula is C27H26FNOS. The van der Waals surface area contributed by atoms with Crippen molar-refractivity contribution in [3.05, 3.63) is 94.8 Å². The number of ether oxygens (including phenoxy) is 1. The first-order chi connectivity index (χ1) is 14.9. The summed E-state index contributed by atoms with van der Waals surface area (Å²) < 4.78 is 20.5. The van der Waals surface area contributed by atoms with Gasteiger partial charge < -0.3 is 9.64 Å². The quantitative estimate of drug-likeness (QED) is 0.416. The van der Waals surface area contributed by atoms with E-state index in [0.29, 0.717) is 6.54 Å². The van der Waals surface area contributed by atoms with Crippen molar-refractivity contribution in [1.29, 1.82) is 0 Å². The summed E-state index contributed by atoms with van der Waals surface area (Å²) in [5.74, 6) is 0.717. The minimum absolute atomic E-state index is 0.219. The van der Waals surface area contributed by atoms with Gasteiger partial charge in [-0.1, -0.05) is 30.3 Å². The van der Waals surface area contributed by atoms with Crippen molar-refractivity contribution < 1.29 is 9.13 Å². The first-order valence-electron chi connectivity index (χ1n) is 10.5. The maximum Gasteiger partial charge on any atom is 0.212 e. The molecule has 31 heavy (non-hydrogen) atoms. The molecule has 2 aliphatic heterocycles. The minimum atomic E-state index is -0.683. The van der Waals surface area contributed by atoms with Gasteiger partial charge in [0.2, 0.25) is 5.72 Å². The zero-order chi connectivity index (χ0) is 21.8. The molecule has 4 heteroatoms. The number of anilines is 1. The third-order valence-corrected chi connectivity index (χ3v) is 7.36. The molecule has 0 N–H and O–H groups in total. The summed E-state index contributed by atoms with van der Waals surface area (Å²) >= 11 is 1.71. The molecule has 0 bridgehead atoms. The SMILES string of the molecule is CSc1cc(C)cc2c1OC1(C=C2)N(Cc2ccc(F)cc2)c2ccccc2C1(C)C. The van der Waals surface area contributed by atoms with Gasteiger partial charge in [0.05, 0.1) is 10.3 Å². The fourth-order valence-electron chi connectivity index (χ4n) is 4.95. The van der Waals surface area contributed by atoms with Gasteiger partial charge in [-0.15, -0.1) is 11.8 Å². The number of rotatable bonds is 3. The fraction of sp³-hybridized carbons (Fsp3) is 0.259. The molecule has 1 unspecified atom stereocenters. The molecule has 1 spiro atoms. The van der Waals surface area contributed by atoms with Crippen LogP contribution in [0.4, 0.5) is 10.1 Å². The molecule has 1 atom stereocenters. The summed E-state index contributed by atoms with van der Waals surface area (Å²) in [7, 11) is 0. The molecule has 0 saturated heterocycles. The van der Waals surface area contributed by atoms with Crippen molar-refractivity contribution in [3.63, 3.8) is 0 Å². The van der Waals surface area contributed by atoms with E-state index in [1.54, 1.807) is 11.8 Å². The van der Waals surface area contributed by atoms with Crippen LogP contribution >= 0.6 is 11.8 Å². The topological polar surface area (TPSA) is 12.5 Å². The number of para-hydroxylation sites is 1. The van der Waals surface area contributed by atoms with Gasteiger partial charge in [-0.25, -0.2) is 4.39 Å². The summed E-state index contributed by atoms with van der Waals surface area (Å²) in [5, 5.41) is 0. The molecule has 2 aliphatic rings. The summed E-state index contributed by atoms with van der Waals surface area (Å²) in [6.45, 7) is 7.24. The minimum Gasteiger partial charge on any atom is -0.462 e. The predicted octanol–water partition coefficient (Wildman–Crippen LogP) is 6.96. The standard InChI is InChI=1S/C27H26FNOS/c1-18-15-20-13-14-27(30-25(20)24(16-18)31-4)26(2,3)22-7-5-6-8-23(22)29(27)17-19-9-11-21(28)12-10-19/h5-16H,17H2,1-4H3. The van der Waals surface area contributed by atoms with E-state index in [1.165, 1.54) is 23.3 Å². The molecule has 2 nitrogen and oxygen atoms in total. The summed E-state index contributed by atoms with van der Waals surface area (Å²) in [4.78, 5) is 3.48. The molecular weight excluding hydrogens is 405 g/mol. The van der Waals surface area contributed by atoms with Crippen molar-refractivity contribution in [2.45, 2.75) is 43.4 Å². The molecule has 3 aromatic rings. The summed E-state index contributed by atoms with van der Waals surface area (Å²) in [6, 6.07) is 19.6. The van der Waals surface area contributed by atoms with Crippen LogP contribution in [0.3, 0.4) is 0 Å². The monoisotopic (exact) mass is 431 g/mol. The second-order valence-corrected chi connectivity index (χ2v) is 9.72. The lowest BCUT2D eigenvalue weighted by molar-refractivity contribution is 0.0492. The Morgan fingerprint density at radius 1 is 1.03 bits per heavy atom. The highest BCUT2D eigenvalue weighted by molar-refractivity contribution is 7.98. The molecule has 3 aromatic carbocycles. The molecule has 0 aromatic heterocycles. The smallest absolute Gasteiger partial charge is 0.212 e. The summed E-state index contributed by atoms with van der Waals surface area (Å²) in [5.41, 5.74) is 4.82. The van der Waals surface area contributed by atoms with E-state index in [-0.39, 0.29) is 11.2 Å². The third-order valence-electron chi connectivity index (χ3n) is 6.61. The van der Waals surface area contributed by atoms with Crippen LogP contribution < -0.4 is 9.64 Å². The molecule has 0 saturated carbocycles. The van der Waals surface area contributed by atoms with E-state index >= 15 is 0 Å². The van der Waals surface area contributed by atoms with Gasteiger partial charge in [-0.05, 0) is 86.2 Å². The normalized spacial score (nSPS) is 20.5. The zero-order valence-corrected chi connectivity index (χ0v) is 19.1. The van der Waals surface area contributed by atoms with Crippen LogP contribution in [0.15, 0.2) is 71.6 Å². The van der Waals surface area contributed by atoms with Gasteiger partial charge in [0.25, 0.3) is 0 Å². The van der Waals surface area contributed by atoms with Crippen LogP contribution in [-0.4, -0.2) is 12.0 Å². The van der Waals surface area contributed by atoms with Crippen molar-refractivity contribution in [3.8, 4) is 5.75 Å². The second kappa shape index (κ2) is 7.16. The Balaban J connectivity index is 1.68. The Morgan fingerprint density at radius 2 is 1.77 bits per heavy atom. The first-order valence-corrected chi connectivity index (χ1v) is 11.8. The van der Waals surface area contributed by atoms with Gasteiger partial charge in [0.1, 0.15) is 11.6 Å². The Labute approximate surface area is 187 Å². The lowest BCUT2D eigenvalue weighted by Crippen LogP contribution is -2.59. The van der Waals surface area contributed by atoms with Crippen molar-refractivity contribution >= 4 is 23.5 Å². The molecule has 2 heterocycles. The van der Waals surface area contributed by atoms with Crippen LogP contribution in [0, 0.1) is 12.7 Å². The van der Waals surface area contributed by atoms with E-state index in [4.69, 9.17) is 4.74 Å². The van der Waals surface area contributed by atoms with E-state index in [2.05, 4.69) is 80.5 Å². The maximum atomic E-state index is 13.5. The lowest BCUT2D eigenvalue weighted by Gasteiger charge is -2.47. The number of aryl methyl sites for hydroxylation is 1. The van der Waals surface area contributed by atoms with Gasteiger partial charge >= 0.3 is 0 Å². The van der Waals surface area contributed by atoms with Crippen LogP contribution in [0.5, 0.6) is 5.75 Å². The molecule has 158 valence electrons. The Bertz CT molecular complexity index is 1180. The van der Waals surface area contributed by atoms with Crippen LogP contribution in [0.2, 0.25) is 0 Å². The number of hydrogen-bond acceptors (Lipinski definition) is 3. The van der Waals surface area contributed by atoms with Gasteiger partial charge in [0, 0.05) is 17.8 Å². The van der Waals surface area contributed by atoms with Gasteiger partial charge in [0.15, 0.2) is 0 Å². The Kier molecular flexibility index (Phi) is 4.67. The van der Waals surface area contributed by atoms with E-state index in [9.17, 15) is 4.39 Å². The van der Waals surface area contributed by atoms with Crippen LogP contribution in [-0.2, 0) is 12.0 Å². The number of fused-ring (bicyclic) bond motifs is 2. The van der Waals surface area contributed by atoms with Crippen molar-refractivity contribution in [2.75, 3.05) is 11.2 Å². The molecule has 0 aliphatic carbocycles. The molecule has 0 radical (unpaired) electrons. The number of hydrogen-bond donors (Lipinski definition) is 0. The number of thioether (sulfide) groups is 1. The first kappa shape index (κ1) is 20.2. The van der Waals surface area contributed by atoms with Gasteiger partial charge in [-0.2, -0.15) is 0 Å². The third kappa shape index (κ3) is 3.00. The molecule has 0 amide bonds. The van der Waals surface area contributed by atoms with Crippen LogP contribution in [0.1, 0.15) is 36.1 Å². The average molecular weight is 432 g/mol. The molecule has 5 rings (SSSR count). The highest BCUT2D eigenvalue weighted by Gasteiger charge is 2.58. The number of halogens is 1. The average Bonchev–Trinajstić information content (AvgIpc) is 2.94. The van der Waals surface area contributed by atoms with E-state index < -0.39 is 5.72 Å². The van der Waals surface area contributed by atoms with E-state index in [0.717, 1.165) is 27.5 Å². The van der Waals surface area contributed by atoms with Crippen LogP contribution in [0.25, 0.3) is 6.08 Å². The Hall–Kier alpha value is -2.72. The lowest BCUT2D eigenvalue weighted by atomic mass is 9.76. The second-order valence-electron chi connectivity index (χ2n) is 8.87. The van der Waals surface area contributed by atoms with Gasteiger partial charge in [-0.3, -0.25) is 0 Å². The number of nitrogens with zero attached hydrogens (tertiary/aromatic N) is 1. The van der Waals surface area contributed by atoms with Crippen molar-refractivity contribution in [1.82, 2.24) is 0 Å². The highest BCUT2D eigenvalue weighted by Crippen LogP contribution is 2.56. The largest absolute Gasteiger partial charge is 0.462 e. The van der Waals surface area contributed by atoms with E-state index in [1.807, 2.05) is 12.1 Å². The molecule has 0 fully saturated rings. The van der Waals surface area contributed by atoms with Crippen molar-refractivity contribution in [2.24, 2.45) is 0 Å². The Morgan fingerprint density at radius 3 is 2.52 bits per heavy atom. The highest BCUT2D eigenvalue weighted by atomic mass is 32.2. The summed E-state index contributed by atoms with van der Waals surface area (Å²) in [6.07, 6.45) is 6.51. The predicted molar refractivity (Wildman–Crippen MR) is 127 cm³/mol. The maximum absolute atomic E-state index is 13.5. The number of benzene rings is 3. The zero-order valence-electron chi connectivity index (χ0n) is 18.3.